The maximum Gasteiger partial charge on any atom is 0.261 e. The summed E-state index contributed by atoms with van der Waals surface area (Å²) in [5.74, 6) is -0.296. The summed E-state index contributed by atoms with van der Waals surface area (Å²) in [6.45, 7) is 2.36. The van der Waals surface area contributed by atoms with E-state index in [0.717, 1.165) is 26.9 Å². The van der Waals surface area contributed by atoms with Gasteiger partial charge < -0.3 is 5.32 Å². The Kier molecular flexibility index (Phi) is 5.38. The van der Waals surface area contributed by atoms with Crippen LogP contribution in [-0.4, -0.2) is 21.4 Å². The first-order valence-electron chi connectivity index (χ1n) is 6.40. The first kappa shape index (κ1) is 17.1. The van der Waals surface area contributed by atoms with Gasteiger partial charge in [0.05, 0.1) is 4.88 Å². The second-order valence-electron chi connectivity index (χ2n) is 4.60. The van der Waals surface area contributed by atoms with Crippen LogP contribution in [0.25, 0.3) is 0 Å². The third-order valence-electron chi connectivity index (χ3n) is 2.99. The van der Waals surface area contributed by atoms with Crippen molar-refractivity contribution in [3.63, 3.8) is 0 Å². The summed E-state index contributed by atoms with van der Waals surface area (Å²) in [6.07, 6.45) is 0. The number of amides is 1. The van der Waals surface area contributed by atoms with Gasteiger partial charge in [-0.2, -0.15) is 0 Å². The number of carbonyl (C=O) groups is 1. The molecule has 5 nitrogen and oxygen atoms in total. The van der Waals surface area contributed by atoms with E-state index in [1.165, 1.54) is 19.2 Å². The maximum absolute atomic E-state index is 12.1. The number of halogens is 1. The van der Waals surface area contributed by atoms with E-state index in [-0.39, 0.29) is 10.1 Å². The van der Waals surface area contributed by atoms with E-state index in [1.807, 2.05) is 25.1 Å². The van der Waals surface area contributed by atoms with Crippen LogP contribution in [0.4, 0.5) is 0 Å². The largest absolute Gasteiger partial charge is 0.347 e. The van der Waals surface area contributed by atoms with Crippen LogP contribution in [0.2, 0.25) is 0 Å². The van der Waals surface area contributed by atoms with Crippen molar-refractivity contribution in [2.45, 2.75) is 17.7 Å². The maximum atomic E-state index is 12.1. The molecule has 0 spiro atoms. The van der Waals surface area contributed by atoms with Gasteiger partial charge in [0.25, 0.3) is 5.91 Å². The Hall–Kier alpha value is -1.22. The molecule has 1 aromatic carbocycles. The van der Waals surface area contributed by atoms with Gasteiger partial charge in [0.15, 0.2) is 0 Å². The van der Waals surface area contributed by atoms with Gasteiger partial charge in [0.2, 0.25) is 10.0 Å². The summed E-state index contributed by atoms with van der Waals surface area (Å²) < 4.78 is 26.6. The number of benzene rings is 1. The number of hydrogen-bond acceptors (Lipinski definition) is 4. The van der Waals surface area contributed by atoms with Crippen molar-refractivity contribution in [2.24, 2.45) is 0 Å². The lowest BCUT2D eigenvalue weighted by Crippen LogP contribution is -2.22. The number of nitrogens with one attached hydrogen (secondary N) is 2. The average molecular weight is 403 g/mol. The van der Waals surface area contributed by atoms with Crippen LogP contribution in [0.1, 0.15) is 20.8 Å². The molecule has 0 saturated carbocycles. The normalized spacial score (nSPS) is 11.4. The minimum absolute atomic E-state index is 0.122. The van der Waals surface area contributed by atoms with Crippen molar-refractivity contribution in [3.8, 4) is 0 Å². The highest BCUT2D eigenvalue weighted by molar-refractivity contribution is 9.10. The third kappa shape index (κ3) is 3.95. The zero-order valence-electron chi connectivity index (χ0n) is 12.0. The molecule has 0 aliphatic rings. The number of carbonyl (C=O) groups excluding carboxylic acids is 1. The lowest BCUT2D eigenvalue weighted by atomic mass is 10.1. The third-order valence-corrected chi connectivity index (χ3v) is 6.72. The van der Waals surface area contributed by atoms with Crippen molar-refractivity contribution in [3.05, 3.63) is 50.8 Å². The Morgan fingerprint density at radius 1 is 1.27 bits per heavy atom. The van der Waals surface area contributed by atoms with E-state index >= 15 is 0 Å². The molecule has 0 unspecified atom stereocenters. The molecule has 22 heavy (non-hydrogen) atoms. The molecule has 1 heterocycles. The Morgan fingerprint density at radius 2 is 2.00 bits per heavy atom. The van der Waals surface area contributed by atoms with Gasteiger partial charge >= 0.3 is 0 Å². The van der Waals surface area contributed by atoms with Crippen molar-refractivity contribution in [1.29, 1.82) is 0 Å². The number of thiophene rings is 1. The molecule has 1 aromatic heterocycles. The molecule has 2 N–H and O–H groups in total. The minimum Gasteiger partial charge on any atom is -0.347 e. The summed E-state index contributed by atoms with van der Waals surface area (Å²) >= 11 is 4.40. The molecule has 0 aliphatic heterocycles. The number of rotatable bonds is 5. The first-order valence-corrected chi connectivity index (χ1v) is 9.49. The molecule has 2 aromatic rings. The van der Waals surface area contributed by atoms with Gasteiger partial charge in [-0.05, 0) is 43.3 Å². The van der Waals surface area contributed by atoms with Crippen LogP contribution < -0.4 is 10.0 Å². The van der Waals surface area contributed by atoms with Crippen LogP contribution in [0.15, 0.2) is 39.0 Å². The highest BCUT2D eigenvalue weighted by Crippen LogP contribution is 2.22. The minimum atomic E-state index is -3.51. The summed E-state index contributed by atoms with van der Waals surface area (Å²) in [5, 5.41) is 2.78. The fraction of sp³-hybridized carbons (Fsp3) is 0.214. The smallest absolute Gasteiger partial charge is 0.261 e. The molecule has 0 saturated heterocycles. The van der Waals surface area contributed by atoms with E-state index < -0.39 is 10.0 Å². The van der Waals surface area contributed by atoms with Crippen molar-refractivity contribution >= 4 is 43.2 Å². The predicted octanol–water partition coefficient (Wildman–Crippen LogP) is 2.66. The van der Waals surface area contributed by atoms with Crippen LogP contribution in [0.3, 0.4) is 0 Å². The van der Waals surface area contributed by atoms with E-state index in [1.54, 1.807) is 0 Å². The zero-order valence-corrected chi connectivity index (χ0v) is 15.2. The van der Waals surface area contributed by atoms with Crippen molar-refractivity contribution in [1.82, 2.24) is 10.0 Å². The second kappa shape index (κ2) is 6.91. The van der Waals surface area contributed by atoms with Crippen LogP contribution in [0, 0.1) is 6.92 Å². The van der Waals surface area contributed by atoms with Gasteiger partial charge in [0, 0.05) is 11.0 Å². The Balaban J connectivity index is 2.07. The SMILES string of the molecule is CNS(=O)(=O)c1ccc(C(=O)NCc2ccc(C)cc2Br)s1. The number of hydrogen-bond donors (Lipinski definition) is 2. The summed E-state index contributed by atoms with van der Waals surface area (Å²) in [4.78, 5) is 12.5. The Bertz CT molecular complexity index is 800. The lowest BCUT2D eigenvalue weighted by molar-refractivity contribution is 0.0955. The first-order chi connectivity index (χ1) is 10.3. The molecule has 118 valence electrons. The topological polar surface area (TPSA) is 75.3 Å². The van der Waals surface area contributed by atoms with Crippen LogP contribution in [-0.2, 0) is 16.6 Å². The molecular formula is C14H15BrN2O3S2. The standard InChI is InChI=1S/C14H15BrN2O3S2/c1-9-3-4-10(11(15)7-9)8-17-14(18)12-5-6-13(21-12)22(19,20)16-2/h3-7,16H,8H2,1-2H3,(H,17,18). The van der Waals surface area contributed by atoms with Gasteiger partial charge in [-0.15, -0.1) is 11.3 Å². The molecule has 0 aliphatic carbocycles. The van der Waals surface area contributed by atoms with Gasteiger partial charge in [-0.1, -0.05) is 28.1 Å². The van der Waals surface area contributed by atoms with Crippen molar-refractivity contribution in [2.75, 3.05) is 7.05 Å². The quantitative estimate of drug-likeness (QED) is 0.806. The molecule has 8 heteroatoms. The monoisotopic (exact) mass is 402 g/mol. The van der Waals surface area contributed by atoms with Crippen LogP contribution in [0.5, 0.6) is 0 Å². The molecule has 0 bridgehead atoms. The van der Waals surface area contributed by atoms with Gasteiger partial charge in [-0.25, -0.2) is 13.1 Å². The summed E-state index contributed by atoms with van der Waals surface area (Å²) in [7, 11) is -2.17. The summed E-state index contributed by atoms with van der Waals surface area (Å²) in [5.41, 5.74) is 2.08. The molecular weight excluding hydrogens is 388 g/mol. The van der Waals surface area contributed by atoms with E-state index in [0.29, 0.717) is 11.4 Å². The average Bonchev–Trinajstić information content (AvgIpc) is 2.96. The highest BCUT2D eigenvalue weighted by Gasteiger charge is 2.17. The van der Waals surface area contributed by atoms with Crippen LogP contribution >= 0.6 is 27.3 Å². The van der Waals surface area contributed by atoms with E-state index in [2.05, 4.69) is 26.0 Å². The molecule has 0 fully saturated rings. The number of sulfonamides is 1. The fourth-order valence-electron chi connectivity index (χ4n) is 1.75. The predicted molar refractivity (Wildman–Crippen MR) is 90.6 cm³/mol. The number of aryl methyl sites for hydroxylation is 1. The molecule has 0 radical (unpaired) electrons. The zero-order chi connectivity index (χ0) is 16.3. The van der Waals surface area contributed by atoms with E-state index in [9.17, 15) is 13.2 Å². The Morgan fingerprint density at radius 3 is 2.64 bits per heavy atom. The Labute approximate surface area is 141 Å². The molecule has 0 atom stereocenters. The summed E-state index contributed by atoms with van der Waals surface area (Å²) in [6, 6.07) is 8.81. The fourth-order valence-corrected chi connectivity index (χ4v) is 4.44. The van der Waals surface area contributed by atoms with E-state index in [4.69, 9.17) is 0 Å². The van der Waals surface area contributed by atoms with Gasteiger partial charge in [0.1, 0.15) is 4.21 Å². The highest BCUT2D eigenvalue weighted by atomic mass is 79.9. The second-order valence-corrected chi connectivity index (χ2v) is 8.66. The lowest BCUT2D eigenvalue weighted by Gasteiger charge is -2.07. The van der Waals surface area contributed by atoms with Gasteiger partial charge in [-0.3, -0.25) is 4.79 Å². The van der Waals surface area contributed by atoms with Crippen molar-refractivity contribution < 1.29 is 13.2 Å². The molecule has 2 rings (SSSR count). The molecule has 1 amide bonds.